The molecule has 0 spiro atoms. The zero-order valence-electron chi connectivity index (χ0n) is 10.5. The van der Waals surface area contributed by atoms with Gasteiger partial charge >= 0.3 is 5.97 Å². The van der Waals surface area contributed by atoms with Crippen molar-refractivity contribution in [1.29, 1.82) is 0 Å². The van der Waals surface area contributed by atoms with E-state index in [0.29, 0.717) is 6.42 Å². The molecule has 0 bridgehead atoms. The van der Waals surface area contributed by atoms with Crippen LogP contribution in [0.2, 0.25) is 0 Å². The van der Waals surface area contributed by atoms with Crippen LogP contribution in [0.4, 0.5) is 0 Å². The van der Waals surface area contributed by atoms with Crippen LogP contribution in [0.1, 0.15) is 32.6 Å². The maximum absolute atomic E-state index is 11.0. The average molecular weight is 228 g/mol. The summed E-state index contributed by atoms with van der Waals surface area (Å²) >= 11 is 0. The summed E-state index contributed by atoms with van der Waals surface area (Å²) in [4.78, 5) is 15.4. The maximum Gasteiger partial charge on any atom is 0.320 e. The van der Waals surface area contributed by atoms with E-state index in [0.717, 1.165) is 13.1 Å². The molecule has 0 amide bonds. The van der Waals surface area contributed by atoms with E-state index in [9.17, 15) is 4.79 Å². The van der Waals surface area contributed by atoms with E-state index >= 15 is 0 Å². The summed E-state index contributed by atoms with van der Waals surface area (Å²) in [6, 6.07) is -0.329. The van der Waals surface area contributed by atoms with Crippen LogP contribution in [0, 0.1) is 0 Å². The van der Waals surface area contributed by atoms with Gasteiger partial charge in [-0.3, -0.25) is 9.69 Å². The third kappa shape index (κ3) is 4.10. The third-order valence-electron chi connectivity index (χ3n) is 3.42. The van der Waals surface area contributed by atoms with E-state index in [2.05, 4.69) is 4.90 Å². The summed E-state index contributed by atoms with van der Waals surface area (Å²) in [5.41, 5.74) is 0. The van der Waals surface area contributed by atoms with Gasteiger partial charge in [0.1, 0.15) is 6.04 Å². The Kier molecular flexibility index (Phi) is 5.77. The fraction of sp³-hybridized carbons (Fsp3) is 0.917. The van der Waals surface area contributed by atoms with Crippen LogP contribution >= 0.6 is 0 Å². The first-order chi connectivity index (χ1) is 7.65. The minimum absolute atomic E-state index is 0.329. The molecule has 0 aliphatic carbocycles. The quantitative estimate of drug-likeness (QED) is 0.743. The molecule has 1 heterocycles. The van der Waals surface area contributed by atoms with Gasteiger partial charge in [0.25, 0.3) is 0 Å². The largest absolute Gasteiger partial charge is 0.480 e. The summed E-state index contributed by atoms with van der Waals surface area (Å²) in [7, 11) is 1.91. The molecule has 1 atom stereocenters. The fourth-order valence-corrected chi connectivity index (χ4v) is 2.31. The summed E-state index contributed by atoms with van der Waals surface area (Å²) < 4.78 is 0. The number of carboxylic acids is 1. The highest BCUT2D eigenvalue weighted by molar-refractivity contribution is 5.73. The number of hydrogen-bond acceptors (Lipinski definition) is 3. The zero-order chi connectivity index (χ0) is 12.0. The Morgan fingerprint density at radius 1 is 1.38 bits per heavy atom. The molecule has 1 fully saturated rings. The molecule has 0 aromatic rings. The molecule has 1 aliphatic heterocycles. The summed E-state index contributed by atoms with van der Waals surface area (Å²) in [5, 5.41) is 9.03. The van der Waals surface area contributed by atoms with E-state index in [1.54, 1.807) is 0 Å². The van der Waals surface area contributed by atoms with Crippen LogP contribution in [0.5, 0.6) is 0 Å². The lowest BCUT2D eigenvalue weighted by atomic mass is 10.1. The van der Waals surface area contributed by atoms with Crippen LogP contribution < -0.4 is 0 Å². The second-order valence-corrected chi connectivity index (χ2v) is 4.65. The third-order valence-corrected chi connectivity index (χ3v) is 3.42. The number of hydrogen-bond donors (Lipinski definition) is 1. The Morgan fingerprint density at radius 2 is 2.00 bits per heavy atom. The number of likely N-dealkylation sites (tertiary alicyclic amines) is 1. The minimum atomic E-state index is -0.705. The molecule has 4 heteroatoms. The van der Waals surface area contributed by atoms with Crippen LogP contribution in [-0.2, 0) is 4.79 Å². The molecule has 4 nitrogen and oxygen atoms in total. The molecule has 0 saturated carbocycles. The molecule has 1 unspecified atom stereocenters. The number of rotatable bonds is 6. The van der Waals surface area contributed by atoms with Gasteiger partial charge < -0.3 is 10.0 Å². The van der Waals surface area contributed by atoms with Gasteiger partial charge in [-0.15, -0.1) is 0 Å². The Morgan fingerprint density at radius 3 is 2.50 bits per heavy atom. The van der Waals surface area contributed by atoms with Gasteiger partial charge in [0, 0.05) is 13.1 Å². The second kappa shape index (κ2) is 6.86. The van der Waals surface area contributed by atoms with Crippen molar-refractivity contribution in [2.24, 2.45) is 0 Å². The van der Waals surface area contributed by atoms with E-state index in [4.69, 9.17) is 5.11 Å². The molecule has 0 radical (unpaired) electrons. The van der Waals surface area contributed by atoms with Crippen molar-refractivity contribution in [3.63, 3.8) is 0 Å². The standard InChI is InChI=1S/C12H24N2O2/c1-3-11(12(15)16)13(2)9-10-14-7-5-4-6-8-14/h11H,3-10H2,1-2H3,(H,15,16). The van der Waals surface area contributed by atoms with Crippen LogP contribution in [0.3, 0.4) is 0 Å². The number of aliphatic carboxylic acids is 1. The monoisotopic (exact) mass is 228 g/mol. The molecular formula is C12H24N2O2. The van der Waals surface area contributed by atoms with Gasteiger partial charge in [0.15, 0.2) is 0 Å². The first kappa shape index (κ1) is 13.5. The highest BCUT2D eigenvalue weighted by Crippen LogP contribution is 2.09. The molecule has 1 saturated heterocycles. The highest BCUT2D eigenvalue weighted by Gasteiger charge is 2.20. The van der Waals surface area contributed by atoms with Crippen LogP contribution in [0.15, 0.2) is 0 Å². The lowest BCUT2D eigenvalue weighted by molar-refractivity contribution is -0.142. The topological polar surface area (TPSA) is 43.8 Å². The molecule has 1 rings (SSSR count). The number of carbonyl (C=O) groups is 1. The number of nitrogens with zero attached hydrogens (tertiary/aromatic N) is 2. The van der Waals surface area contributed by atoms with Crippen molar-refractivity contribution >= 4 is 5.97 Å². The Balaban J connectivity index is 2.27. The van der Waals surface area contributed by atoms with Gasteiger partial charge in [-0.05, 0) is 39.4 Å². The minimum Gasteiger partial charge on any atom is -0.480 e. The summed E-state index contributed by atoms with van der Waals surface area (Å²) in [6.07, 6.45) is 4.60. The molecule has 1 N–H and O–H groups in total. The predicted octanol–water partition coefficient (Wildman–Crippen LogP) is 1.27. The molecule has 1 aliphatic rings. The smallest absolute Gasteiger partial charge is 0.320 e. The Bertz CT molecular complexity index is 215. The zero-order valence-corrected chi connectivity index (χ0v) is 10.5. The van der Waals surface area contributed by atoms with Crippen molar-refractivity contribution < 1.29 is 9.90 Å². The number of carboxylic acid groups (broad SMARTS) is 1. The van der Waals surface area contributed by atoms with Crippen molar-refractivity contribution in [3.05, 3.63) is 0 Å². The number of likely N-dealkylation sites (N-methyl/N-ethyl adjacent to an activating group) is 1. The van der Waals surface area contributed by atoms with Gasteiger partial charge in [0.05, 0.1) is 0 Å². The molecule has 16 heavy (non-hydrogen) atoms. The predicted molar refractivity (Wildman–Crippen MR) is 64.6 cm³/mol. The van der Waals surface area contributed by atoms with Gasteiger partial charge in [-0.2, -0.15) is 0 Å². The van der Waals surface area contributed by atoms with Crippen molar-refractivity contribution in [2.45, 2.75) is 38.6 Å². The maximum atomic E-state index is 11.0. The lowest BCUT2D eigenvalue weighted by Crippen LogP contribution is -2.43. The van der Waals surface area contributed by atoms with Gasteiger partial charge in [0.2, 0.25) is 0 Å². The molecule has 0 aromatic heterocycles. The summed E-state index contributed by atoms with van der Waals surface area (Å²) in [5.74, 6) is -0.705. The average Bonchev–Trinajstić information content (AvgIpc) is 2.28. The van der Waals surface area contributed by atoms with E-state index < -0.39 is 5.97 Å². The second-order valence-electron chi connectivity index (χ2n) is 4.65. The van der Waals surface area contributed by atoms with Crippen molar-refractivity contribution in [1.82, 2.24) is 9.80 Å². The van der Waals surface area contributed by atoms with E-state index in [1.165, 1.54) is 32.4 Å². The Labute approximate surface area is 98.2 Å². The first-order valence-electron chi connectivity index (χ1n) is 6.30. The molecule has 0 aromatic carbocycles. The normalized spacial score (nSPS) is 19.9. The van der Waals surface area contributed by atoms with Crippen LogP contribution in [0.25, 0.3) is 0 Å². The lowest BCUT2D eigenvalue weighted by Gasteiger charge is -2.30. The fourth-order valence-electron chi connectivity index (χ4n) is 2.31. The molecule has 94 valence electrons. The Hall–Kier alpha value is -0.610. The van der Waals surface area contributed by atoms with Gasteiger partial charge in [-0.1, -0.05) is 13.3 Å². The van der Waals surface area contributed by atoms with E-state index in [-0.39, 0.29) is 6.04 Å². The van der Waals surface area contributed by atoms with Crippen molar-refractivity contribution in [3.8, 4) is 0 Å². The van der Waals surface area contributed by atoms with Gasteiger partial charge in [-0.25, -0.2) is 0 Å². The van der Waals surface area contributed by atoms with Crippen molar-refractivity contribution in [2.75, 3.05) is 33.2 Å². The summed E-state index contributed by atoms with van der Waals surface area (Å²) in [6.45, 7) is 6.14. The first-order valence-corrected chi connectivity index (χ1v) is 6.30. The number of piperidine rings is 1. The molecular weight excluding hydrogens is 204 g/mol. The van der Waals surface area contributed by atoms with Crippen LogP contribution in [-0.4, -0.2) is 60.1 Å². The SMILES string of the molecule is CCC(C(=O)O)N(C)CCN1CCCCC1. The highest BCUT2D eigenvalue weighted by atomic mass is 16.4. The van der Waals surface area contributed by atoms with E-state index in [1.807, 2.05) is 18.9 Å².